The van der Waals surface area contributed by atoms with E-state index in [0.29, 0.717) is 0 Å². The van der Waals surface area contributed by atoms with E-state index >= 15 is 4.39 Å². The second-order valence-electron chi connectivity index (χ2n) is 7.61. The van der Waals surface area contributed by atoms with Crippen LogP contribution in [0.4, 0.5) is 19.0 Å². The first-order valence-electron chi connectivity index (χ1n) is 10.6. The summed E-state index contributed by atoms with van der Waals surface area (Å²) in [5.41, 5.74) is 1.14. The Morgan fingerprint density at radius 1 is 1.10 bits per heavy atom. The molecule has 212 valence electrons. The highest BCUT2D eigenvalue weighted by Crippen LogP contribution is 2.26. The van der Waals surface area contributed by atoms with Crippen LogP contribution in [0.3, 0.4) is 0 Å². The van der Waals surface area contributed by atoms with Crippen molar-refractivity contribution in [2.75, 3.05) is 11.9 Å². The number of nitrogens with zero attached hydrogens (tertiary/aromatic N) is 2. The van der Waals surface area contributed by atoms with Gasteiger partial charge in [-0.1, -0.05) is 37.2 Å². The number of carbonyl (C=O) groups excluding carboxylic acids is 1. The standard InChI is InChI=1S/C23H19ClF3N7O.CH4.3ClH/c24-17-11-31-22(32-12-23(26,27)19-7-3-4-8-29-19)21(25)16(17)9-20(35)30-10-15-5-1-2-6-18(15)34-14-28-13-33-34;;;;/h1-8,11,13-14H,9-10,12H2,(H2,30,31,32,35);1H4;3*1H. The lowest BCUT2D eigenvalue weighted by Gasteiger charge is -2.12. The molecule has 0 fully saturated rings. The molecule has 0 saturated carbocycles. The van der Waals surface area contributed by atoms with Crippen LogP contribution >= 0.6 is 11.6 Å². The third-order valence-electron chi connectivity index (χ3n) is 5.22. The van der Waals surface area contributed by atoms with Crippen molar-refractivity contribution in [3.63, 3.8) is 0 Å². The summed E-state index contributed by atoms with van der Waals surface area (Å²) in [7, 11) is 0. The summed E-state index contributed by atoms with van der Waals surface area (Å²) >= 11 is 6.09. The van der Waals surface area contributed by atoms with E-state index in [-0.39, 0.29) is 79.7 Å². The fourth-order valence-corrected chi connectivity index (χ4v) is 3.63. The summed E-state index contributed by atoms with van der Waals surface area (Å²) in [4.78, 5) is 21.5. The van der Waals surface area contributed by atoms with Crippen LogP contribution in [0.5, 0.6) is 0 Å². The zero-order valence-corrected chi connectivity index (χ0v) is 22.4. The molecule has 0 spiro atoms. The van der Waals surface area contributed by atoms with Crippen molar-refractivity contribution in [1.29, 1.82) is 0 Å². The van der Waals surface area contributed by atoms with Crippen molar-refractivity contribution in [2.24, 2.45) is 0 Å². The second kappa shape index (κ2) is 16.1. The van der Waals surface area contributed by atoms with E-state index in [1.165, 1.54) is 30.9 Å². The van der Waals surface area contributed by atoms with Crippen molar-refractivity contribution in [2.45, 2.75) is 26.3 Å². The minimum atomic E-state index is -3.29. The van der Waals surface area contributed by atoms with Crippen LogP contribution in [0.2, 0.25) is 5.02 Å². The van der Waals surface area contributed by atoms with E-state index in [9.17, 15) is 13.6 Å². The van der Waals surface area contributed by atoms with E-state index < -0.39 is 24.2 Å². The Hall–Kier alpha value is -3.12. The van der Waals surface area contributed by atoms with E-state index in [0.717, 1.165) is 11.3 Å². The molecule has 0 atom stereocenters. The van der Waals surface area contributed by atoms with Gasteiger partial charge < -0.3 is 42.5 Å². The van der Waals surface area contributed by atoms with Gasteiger partial charge >= 0.3 is 18.1 Å². The van der Waals surface area contributed by atoms with Gasteiger partial charge in [0, 0.05) is 29.8 Å². The highest BCUT2D eigenvalue weighted by atomic mass is 35.5. The van der Waals surface area contributed by atoms with Crippen molar-refractivity contribution in [3.05, 3.63) is 95.2 Å². The maximum Gasteiger partial charge on any atom is 0.365 e. The van der Waals surface area contributed by atoms with E-state index in [4.69, 9.17) is 11.6 Å². The molecular formula is C24H26Cl4F3N7O. The van der Waals surface area contributed by atoms with Crippen molar-refractivity contribution >= 4 is 23.3 Å². The molecule has 0 radical (unpaired) electrons. The fraction of sp³-hybridized carbons (Fsp3) is 0.208. The molecule has 8 nitrogen and oxygen atoms in total. The summed E-state index contributed by atoms with van der Waals surface area (Å²) < 4.78 is 45.6. The molecule has 4 aromatic rings. The van der Waals surface area contributed by atoms with Gasteiger partial charge in [0.15, 0.2) is 18.4 Å². The van der Waals surface area contributed by atoms with Gasteiger partial charge in [0.2, 0.25) is 18.1 Å². The van der Waals surface area contributed by atoms with Gasteiger partial charge in [0.25, 0.3) is 5.69 Å². The van der Waals surface area contributed by atoms with Gasteiger partial charge in [0.05, 0.1) is 11.4 Å². The largest absolute Gasteiger partial charge is 1.00 e. The molecule has 39 heavy (non-hydrogen) atoms. The summed E-state index contributed by atoms with van der Waals surface area (Å²) in [6.45, 7) is -0.708. The fourth-order valence-electron chi connectivity index (χ4n) is 3.42. The molecule has 4 rings (SSSR count). The second-order valence-corrected chi connectivity index (χ2v) is 8.02. The number of H-pyrrole nitrogens is 3. The van der Waals surface area contributed by atoms with Gasteiger partial charge in [-0.05, 0) is 17.1 Å². The minimum absolute atomic E-state index is 0. The number of aromatic amines is 3. The predicted molar refractivity (Wildman–Crippen MR) is 126 cm³/mol. The number of alkyl halides is 2. The van der Waals surface area contributed by atoms with Crippen LogP contribution in [-0.4, -0.2) is 22.5 Å². The van der Waals surface area contributed by atoms with Gasteiger partial charge in [-0.3, -0.25) is 10.1 Å². The lowest BCUT2D eigenvalue weighted by atomic mass is 10.1. The third kappa shape index (κ3) is 8.96. The normalized spacial score (nSPS) is 10.2. The van der Waals surface area contributed by atoms with Gasteiger partial charge in [0.1, 0.15) is 6.20 Å². The molecule has 0 aliphatic heterocycles. The number of carbonyl (C=O) groups is 1. The minimum Gasteiger partial charge on any atom is -1.00 e. The SMILES string of the molecule is C.O=C(Cc1c(Cl)c[nH+]c(NCC(F)(F)c2cccc[nH+]2)c1F)NCc1ccccc1-[n+]1cnc[nH]1.[Cl-].[Cl-].[Cl-]. The summed E-state index contributed by atoms with van der Waals surface area (Å²) in [5.74, 6) is -4.99. The molecule has 0 unspecified atom stereocenters. The highest BCUT2D eigenvalue weighted by molar-refractivity contribution is 6.31. The molecule has 0 saturated heterocycles. The van der Waals surface area contributed by atoms with Crippen molar-refractivity contribution in [3.8, 4) is 5.69 Å². The molecule has 1 aromatic carbocycles. The number of nitrogens with one attached hydrogen (secondary N) is 5. The molecule has 3 heterocycles. The lowest BCUT2D eigenvalue weighted by Crippen LogP contribution is -3.00. The maximum absolute atomic E-state index is 15.1. The van der Waals surface area contributed by atoms with Crippen molar-refractivity contribution < 1.29 is 69.8 Å². The Bertz CT molecular complexity index is 1320. The number of hydrogen-bond acceptors (Lipinski definition) is 3. The number of halogens is 7. The van der Waals surface area contributed by atoms with Gasteiger partial charge in [-0.25, -0.2) is 9.97 Å². The van der Waals surface area contributed by atoms with Crippen LogP contribution in [0, 0.1) is 5.82 Å². The average Bonchev–Trinajstić information content (AvgIpc) is 3.40. The zero-order valence-electron chi connectivity index (χ0n) is 19.4. The van der Waals surface area contributed by atoms with Crippen LogP contribution in [0.1, 0.15) is 24.2 Å². The molecule has 0 aliphatic rings. The Kier molecular flexibility index (Phi) is 14.8. The number of hydrogen-bond donors (Lipinski definition) is 3. The van der Waals surface area contributed by atoms with E-state index in [2.05, 4.69) is 30.7 Å². The molecule has 1 amide bonds. The first-order valence-corrected chi connectivity index (χ1v) is 11.0. The number of para-hydroxylation sites is 1. The Morgan fingerprint density at radius 3 is 2.49 bits per heavy atom. The molecule has 5 N–H and O–H groups in total. The Labute approximate surface area is 247 Å². The molecule has 3 aromatic heterocycles. The maximum atomic E-state index is 15.1. The van der Waals surface area contributed by atoms with Crippen LogP contribution in [0.25, 0.3) is 5.69 Å². The van der Waals surface area contributed by atoms with Gasteiger partial charge in [-0.2, -0.15) is 18.3 Å². The molecular weight excluding hydrogens is 601 g/mol. The Balaban J connectivity index is 0.00000361. The average molecular weight is 627 g/mol. The van der Waals surface area contributed by atoms with E-state index in [1.807, 2.05) is 24.3 Å². The molecule has 15 heteroatoms. The number of pyridine rings is 2. The van der Waals surface area contributed by atoms with Crippen LogP contribution in [0.15, 0.2) is 67.5 Å². The molecule has 0 aliphatic carbocycles. The Morgan fingerprint density at radius 2 is 1.82 bits per heavy atom. The summed E-state index contributed by atoms with van der Waals surface area (Å²) in [6, 6.07) is 11.6. The zero-order chi connectivity index (χ0) is 24.8. The summed E-state index contributed by atoms with van der Waals surface area (Å²) in [6.07, 6.45) is 5.35. The first-order chi connectivity index (χ1) is 16.8. The number of aromatic nitrogens is 5. The third-order valence-corrected chi connectivity index (χ3v) is 5.56. The number of amides is 1. The van der Waals surface area contributed by atoms with Crippen LogP contribution in [-0.2, 0) is 23.7 Å². The van der Waals surface area contributed by atoms with Gasteiger partial charge in [-0.15, -0.1) is 4.68 Å². The summed E-state index contributed by atoms with van der Waals surface area (Å²) in [5, 5.41) is 8.01. The first kappa shape index (κ1) is 35.9. The number of anilines is 1. The quantitative estimate of drug-likeness (QED) is 0.161. The monoisotopic (exact) mass is 625 g/mol. The van der Waals surface area contributed by atoms with Crippen molar-refractivity contribution in [1.82, 2.24) is 15.4 Å². The number of benzene rings is 1. The molecule has 0 bridgehead atoms. The number of rotatable bonds is 9. The lowest BCUT2D eigenvalue weighted by molar-refractivity contribution is -0.657. The predicted octanol–water partition coefficient (Wildman–Crippen LogP) is -6.18. The van der Waals surface area contributed by atoms with Crippen LogP contribution < -0.4 is 62.5 Å². The highest BCUT2D eigenvalue weighted by Gasteiger charge is 2.40. The topological polar surface area (TPSA) is 102 Å². The van der Waals surface area contributed by atoms with E-state index in [1.54, 1.807) is 17.1 Å². The smallest absolute Gasteiger partial charge is 0.365 e.